The van der Waals surface area contributed by atoms with Gasteiger partial charge in [0.15, 0.2) is 18.4 Å². The van der Waals surface area contributed by atoms with Gasteiger partial charge in [0.05, 0.1) is 55.4 Å². The molecule has 4 saturated heterocycles. The zero-order chi connectivity index (χ0) is 45.4. The normalized spacial score (nSPS) is 48.6. The van der Waals surface area contributed by atoms with Gasteiger partial charge in [0.1, 0.15) is 35.9 Å². The largest absolute Gasteiger partial charge is 0.462 e. The lowest BCUT2D eigenvalue weighted by Gasteiger charge is -2.48. The second kappa shape index (κ2) is 20.3. The van der Waals surface area contributed by atoms with Crippen LogP contribution in [0.5, 0.6) is 0 Å². The van der Waals surface area contributed by atoms with Gasteiger partial charge in [0.2, 0.25) is 0 Å². The van der Waals surface area contributed by atoms with Crippen LogP contribution in [0, 0.1) is 23.7 Å². The zero-order valence-electron chi connectivity index (χ0n) is 39.3. The van der Waals surface area contributed by atoms with Crippen LogP contribution in [-0.4, -0.2) is 141 Å². The number of methoxy groups -OCH3 is 2. The highest BCUT2D eigenvalue weighted by atomic mass is 16.7. The minimum atomic E-state index is -1.83. The van der Waals surface area contributed by atoms with Crippen LogP contribution in [0.1, 0.15) is 93.9 Å². The molecule has 14 heteroatoms. The smallest absolute Gasteiger partial charge is 0.316 e. The lowest BCUT2D eigenvalue weighted by molar-refractivity contribution is -0.312. The fourth-order valence-electron chi connectivity index (χ4n) is 11.0. The Morgan fingerprint density at radius 2 is 1.63 bits per heavy atom. The van der Waals surface area contributed by atoms with Crippen LogP contribution in [0.25, 0.3) is 0 Å². The van der Waals surface area contributed by atoms with Gasteiger partial charge in [0.25, 0.3) is 0 Å². The van der Waals surface area contributed by atoms with E-state index in [0.717, 1.165) is 12.0 Å². The Morgan fingerprint density at radius 3 is 2.35 bits per heavy atom. The van der Waals surface area contributed by atoms with Crippen LogP contribution in [0.15, 0.2) is 59.3 Å². The summed E-state index contributed by atoms with van der Waals surface area (Å²) in [5.74, 6) is -2.51. The lowest BCUT2D eigenvalue weighted by Crippen LogP contribution is -2.58. The third kappa shape index (κ3) is 10.0. The standard InChI is InChI=1S/C49H75NO13/c1-12-26(2)44-29(5)18-19-48(63-44)24-35-21-34(62-48)17-16-28(4)43(27(3)14-13-15-33-25-56-46-42(51)30(6)20-36(47(52)59-35)49(33,46)53)60-40-23-38(55-11)45(32(8)58-40)61-39-22-37(54-10)41(50-9)31(7)57-39/h13-16,18-20,26-27,29,31-32,34-46,50-51,53H,12,17,21-25H2,1-11H3/b14-13+,28-16+,33-15+/t26-,27-,29-,31-,32-,34+,35-,36-,37-,38-,39-,40-,41+,42+,43-,44+,45+,46+,48+,49+/m0/s1. The topological polar surface area (TPSA) is 162 Å². The van der Waals surface area contributed by atoms with E-state index in [9.17, 15) is 15.0 Å². The molecular formula is C49H75NO13. The number of aliphatic hydroxyl groups is 2. The fraction of sp³-hybridized carbons (Fsp3) is 0.776. The van der Waals surface area contributed by atoms with Crippen molar-refractivity contribution in [2.24, 2.45) is 23.7 Å². The van der Waals surface area contributed by atoms with E-state index in [-0.39, 0.29) is 67.0 Å². The Hall–Kier alpha value is -2.31. The van der Waals surface area contributed by atoms with Crippen molar-refractivity contribution >= 4 is 5.97 Å². The molecule has 0 aromatic carbocycles. The van der Waals surface area contributed by atoms with Gasteiger partial charge in [-0.15, -0.1) is 0 Å². The highest BCUT2D eigenvalue weighted by molar-refractivity contribution is 5.78. The number of rotatable bonds is 9. The van der Waals surface area contributed by atoms with Crippen LogP contribution < -0.4 is 5.32 Å². The van der Waals surface area contributed by atoms with Crippen molar-refractivity contribution in [3.8, 4) is 0 Å². The SMILES string of the molecule is CC[C@H](C)[C@H]1O[C@]2(C=C[C@@H]1C)C[C@@H]1C[C@@H](C/C=C(\C)[C@@H](O[C@H]3C[C@H](OC)[C@H](O[C@H]4C[C@H](OC)[C@H](NC)[C@H](C)O4)[C@H](C)O3)[C@@H](C)/C=C/C=C3\CO[C@@H]4[C@H](O)C(C)=C[C@@H](C(=O)O1)[C@]34O)O2. The highest BCUT2D eigenvalue weighted by Crippen LogP contribution is 2.47. The summed E-state index contributed by atoms with van der Waals surface area (Å²) in [4.78, 5) is 14.4. The molecule has 20 atom stereocenters. The molecule has 0 aromatic heterocycles. The number of esters is 1. The minimum Gasteiger partial charge on any atom is -0.462 e. The molecule has 6 heterocycles. The number of fused-ring (bicyclic) bond motifs is 2. The molecule has 1 spiro atoms. The van der Waals surface area contributed by atoms with Crippen LogP contribution in [0.3, 0.4) is 0 Å². The summed E-state index contributed by atoms with van der Waals surface area (Å²) < 4.78 is 64.6. The molecule has 3 N–H and O–H groups in total. The van der Waals surface area contributed by atoms with Gasteiger partial charge in [-0.1, -0.05) is 70.6 Å². The Labute approximate surface area is 374 Å². The first-order valence-corrected chi connectivity index (χ1v) is 23.4. The molecule has 7 aliphatic rings. The summed E-state index contributed by atoms with van der Waals surface area (Å²) in [7, 11) is 5.30. The first kappa shape index (κ1) is 48.6. The minimum absolute atomic E-state index is 0.0411. The van der Waals surface area contributed by atoms with Gasteiger partial charge in [-0.3, -0.25) is 4.79 Å². The quantitative estimate of drug-likeness (QED) is 0.194. The van der Waals surface area contributed by atoms with Gasteiger partial charge < -0.3 is 62.9 Å². The average molecular weight is 886 g/mol. The lowest BCUT2D eigenvalue weighted by atomic mass is 9.71. The molecule has 0 radical (unpaired) electrons. The second-order valence-corrected chi connectivity index (χ2v) is 19.3. The Balaban J connectivity index is 1.18. The van der Waals surface area contributed by atoms with Crippen LogP contribution in [0.4, 0.5) is 0 Å². The van der Waals surface area contributed by atoms with Crippen molar-refractivity contribution in [1.82, 2.24) is 5.32 Å². The number of allylic oxidation sites excluding steroid dienone is 2. The number of carbonyl (C=O) groups is 1. The molecule has 0 aromatic rings. The fourth-order valence-corrected chi connectivity index (χ4v) is 11.0. The molecule has 14 nitrogen and oxygen atoms in total. The number of hydrogen-bond acceptors (Lipinski definition) is 14. The van der Waals surface area contributed by atoms with Crippen molar-refractivity contribution in [3.63, 3.8) is 0 Å². The predicted octanol–water partition coefficient (Wildman–Crippen LogP) is 5.60. The number of carbonyl (C=O) groups excluding carboxylic acids is 1. The molecule has 4 fully saturated rings. The summed E-state index contributed by atoms with van der Waals surface area (Å²) in [6.45, 7) is 16.4. The third-order valence-electron chi connectivity index (χ3n) is 14.9. The molecule has 1 aliphatic carbocycles. The van der Waals surface area contributed by atoms with Crippen molar-refractivity contribution in [2.45, 2.75) is 191 Å². The number of likely N-dealkylation sites (N-methyl/N-ethyl adjacent to an activating group) is 1. The van der Waals surface area contributed by atoms with E-state index in [2.05, 4.69) is 52.1 Å². The van der Waals surface area contributed by atoms with E-state index in [1.165, 1.54) is 0 Å². The molecule has 63 heavy (non-hydrogen) atoms. The summed E-state index contributed by atoms with van der Waals surface area (Å²) >= 11 is 0. The van der Waals surface area contributed by atoms with Crippen molar-refractivity contribution in [3.05, 3.63) is 59.3 Å². The maximum Gasteiger partial charge on any atom is 0.316 e. The van der Waals surface area contributed by atoms with Crippen molar-refractivity contribution in [2.75, 3.05) is 27.9 Å². The molecule has 0 amide bonds. The number of nitrogens with one attached hydrogen (secondary N) is 1. The Kier molecular flexibility index (Phi) is 15.7. The van der Waals surface area contributed by atoms with Gasteiger partial charge in [-0.05, 0) is 69.9 Å². The molecule has 0 saturated carbocycles. The van der Waals surface area contributed by atoms with Crippen LogP contribution >= 0.6 is 0 Å². The molecule has 2 bridgehead atoms. The monoisotopic (exact) mass is 886 g/mol. The van der Waals surface area contributed by atoms with Crippen molar-refractivity contribution in [1.29, 1.82) is 0 Å². The Morgan fingerprint density at radius 1 is 0.921 bits per heavy atom. The van der Waals surface area contributed by atoms with E-state index < -0.39 is 66.4 Å². The maximum atomic E-state index is 14.4. The third-order valence-corrected chi connectivity index (χ3v) is 14.9. The first-order chi connectivity index (χ1) is 30.0. The van der Waals surface area contributed by atoms with Gasteiger partial charge in [-0.25, -0.2) is 0 Å². The molecule has 354 valence electrons. The predicted molar refractivity (Wildman–Crippen MR) is 234 cm³/mol. The van der Waals surface area contributed by atoms with E-state index in [1.54, 1.807) is 33.3 Å². The molecular weight excluding hydrogens is 811 g/mol. The van der Waals surface area contributed by atoms with E-state index in [1.807, 2.05) is 39.1 Å². The summed E-state index contributed by atoms with van der Waals surface area (Å²) in [5.41, 5.74) is 0.180. The van der Waals surface area contributed by atoms with E-state index in [0.29, 0.717) is 43.3 Å². The highest BCUT2D eigenvalue weighted by Gasteiger charge is 2.60. The number of aliphatic hydroxyl groups excluding tert-OH is 1. The summed E-state index contributed by atoms with van der Waals surface area (Å²) in [6.07, 6.45) is 10.7. The van der Waals surface area contributed by atoms with Gasteiger partial charge in [-0.2, -0.15) is 0 Å². The molecule has 6 aliphatic heterocycles. The summed E-state index contributed by atoms with van der Waals surface area (Å²) in [5, 5.41) is 27.1. The van der Waals surface area contributed by atoms with Gasteiger partial charge in [0, 0.05) is 51.7 Å². The second-order valence-electron chi connectivity index (χ2n) is 19.3. The first-order valence-electron chi connectivity index (χ1n) is 23.4. The maximum absolute atomic E-state index is 14.4. The summed E-state index contributed by atoms with van der Waals surface area (Å²) in [6, 6.07) is 0.0442. The van der Waals surface area contributed by atoms with E-state index >= 15 is 0 Å². The van der Waals surface area contributed by atoms with Crippen LogP contribution in [0.2, 0.25) is 0 Å². The Bertz CT molecular complexity index is 1750. The average Bonchev–Trinajstić information content (AvgIpc) is 3.60. The zero-order valence-corrected chi connectivity index (χ0v) is 39.3. The van der Waals surface area contributed by atoms with Crippen LogP contribution in [-0.2, 0) is 52.2 Å². The van der Waals surface area contributed by atoms with E-state index in [4.69, 9.17) is 47.4 Å². The van der Waals surface area contributed by atoms with Gasteiger partial charge >= 0.3 is 5.97 Å². The number of ether oxygens (including phenoxy) is 10. The molecule has 7 rings (SSSR count). The number of hydrogen-bond donors (Lipinski definition) is 3. The molecule has 0 unspecified atom stereocenters. The van der Waals surface area contributed by atoms with Crippen molar-refractivity contribution < 1.29 is 62.4 Å².